The molecule has 0 saturated carbocycles. The van der Waals surface area contributed by atoms with Gasteiger partial charge >= 0.3 is 0 Å². The minimum atomic E-state index is -0.117. The van der Waals surface area contributed by atoms with E-state index in [0.29, 0.717) is 5.82 Å². The Balaban J connectivity index is 1.06. The molecule has 258 valence electrons. The average Bonchev–Trinajstić information content (AvgIpc) is 3.48. The number of rotatable bonds is 5. The van der Waals surface area contributed by atoms with E-state index < -0.39 is 0 Å². The Labute approximate surface area is 320 Å². The van der Waals surface area contributed by atoms with Gasteiger partial charge in [-0.1, -0.05) is 159 Å². The summed E-state index contributed by atoms with van der Waals surface area (Å²) in [6.45, 7) is 4.65. The fraction of sp³-hybridized carbons (Fsp3) is 0.0577. The van der Waals surface area contributed by atoms with Crippen molar-refractivity contribution in [3.63, 3.8) is 0 Å². The van der Waals surface area contributed by atoms with E-state index in [0.717, 1.165) is 39.2 Å². The Kier molecular flexibility index (Phi) is 6.90. The molecule has 0 saturated heterocycles. The van der Waals surface area contributed by atoms with Crippen LogP contribution in [0.25, 0.3) is 99.6 Å². The lowest BCUT2D eigenvalue weighted by Crippen LogP contribution is -2.14. The van der Waals surface area contributed by atoms with Crippen LogP contribution in [0.4, 0.5) is 0 Å². The highest BCUT2D eigenvalue weighted by Crippen LogP contribution is 2.49. The highest BCUT2D eigenvalue weighted by atomic mass is 14.9. The van der Waals surface area contributed by atoms with E-state index in [2.05, 4.69) is 177 Å². The molecular weight excluding hydrogens is 667 g/mol. The molecule has 0 N–H and O–H groups in total. The summed E-state index contributed by atoms with van der Waals surface area (Å²) < 4.78 is 0. The van der Waals surface area contributed by atoms with Crippen LogP contribution in [0.2, 0.25) is 0 Å². The molecule has 0 unspecified atom stereocenters. The predicted octanol–water partition coefficient (Wildman–Crippen LogP) is 13.4. The van der Waals surface area contributed by atoms with Crippen molar-refractivity contribution in [3.05, 3.63) is 187 Å². The summed E-state index contributed by atoms with van der Waals surface area (Å²) in [5.41, 5.74) is 14.6. The molecule has 0 radical (unpaired) electrons. The molecule has 0 spiro atoms. The number of benzene rings is 8. The zero-order valence-corrected chi connectivity index (χ0v) is 30.6. The summed E-state index contributed by atoms with van der Waals surface area (Å²) in [5.74, 6) is 0.693. The van der Waals surface area contributed by atoms with E-state index in [9.17, 15) is 0 Å². The Bertz CT molecular complexity index is 3090. The maximum Gasteiger partial charge on any atom is 0.160 e. The van der Waals surface area contributed by atoms with Gasteiger partial charge in [0.1, 0.15) is 0 Å². The first-order valence-corrected chi connectivity index (χ1v) is 18.9. The number of fused-ring (bicyclic) bond motifs is 3. The van der Waals surface area contributed by atoms with Crippen molar-refractivity contribution in [1.82, 2.24) is 15.0 Å². The summed E-state index contributed by atoms with van der Waals surface area (Å²) in [6.07, 6.45) is 3.73. The second-order valence-corrected chi connectivity index (χ2v) is 15.2. The molecule has 1 aliphatic carbocycles. The lowest BCUT2D eigenvalue weighted by molar-refractivity contribution is 0.660. The molecule has 0 bridgehead atoms. The number of aromatic nitrogens is 3. The van der Waals surface area contributed by atoms with Crippen LogP contribution in [0.15, 0.2) is 176 Å². The zero-order chi connectivity index (χ0) is 36.7. The SMILES string of the molecule is CC1(C)c2ccccc2-c2ccc(-c3cc(-c4ccccc4-c4cccnc4)nc(-c4ccc(-c5ccc6ccc7cccc8ccc5c6c78)cc4)n3)cc21. The molecule has 10 aromatic rings. The first kappa shape index (κ1) is 31.5. The van der Waals surface area contributed by atoms with E-state index in [1.165, 1.54) is 65.7 Å². The number of pyridine rings is 1. The molecule has 0 atom stereocenters. The third kappa shape index (κ3) is 4.93. The largest absolute Gasteiger partial charge is 0.264 e. The van der Waals surface area contributed by atoms with Gasteiger partial charge in [0.25, 0.3) is 0 Å². The van der Waals surface area contributed by atoms with Gasteiger partial charge in [0.05, 0.1) is 11.4 Å². The monoisotopic (exact) mass is 701 g/mol. The summed E-state index contributed by atoms with van der Waals surface area (Å²) in [6, 6.07) is 59.2. The molecule has 55 heavy (non-hydrogen) atoms. The van der Waals surface area contributed by atoms with Crippen molar-refractivity contribution >= 4 is 32.3 Å². The van der Waals surface area contributed by atoms with E-state index in [-0.39, 0.29) is 5.41 Å². The molecule has 2 aromatic heterocycles. The minimum absolute atomic E-state index is 0.117. The van der Waals surface area contributed by atoms with Crippen molar-refractivity contribution in [3.8, 4) is 67.3 Å². The molecule has 11 rings (SSSR count). The molecule has 8 aromatic carbocycles. The van der Waals surface area contributed by atoms with Crippen LogP contribution in [0.5, 0.6) is 0 Å². The summed E-state index contributed by atoms with van der Waals surface area (Å²) in [7, 11) is 0. The first-order chi connectivity index (χ1) is 27.0. The fourth-order valence-electron chi connectivity index (χ4n) is 8.99. The van der Waals surface area contributed by atoms with Gasteiger partial charge in [-0.05, 0) is 89.5 Å². The van der Waals surface area contributed by atoms with Crippen LogP contribution in [-0.2, 0) is 5.41 Å². The van der Waals surface area contributed by atoms with E-state index in [1.807, 2.05) is 18.5 Å². The summed E-state index contributed by atoms with van der Waals surface area (Å²) in [5, 5.41) is 7.74. The predicted molar refractivity (Wildman–Crippen MR) is 228 cm³/mol. The van der Waals surface area contributed by atoms with Crippen molar-refractivity contribution in [1.29, 1.82) is 0 Å². The van der Waals surface area contributed by atoms with E-state index in [4.69, 9.17) is 9.97 Å². The Morgan fingerprint density at radius 2 is 1.04 bits per heavy atom. The first-order valence-electron chi connectivity index (χ1n) is 18.9. The van der Waals surface area contributed by atoms with Crippen LogP contribution in [0, 0.1) is 0 Å². The standard InChI is InChI=1S/C52H35N3/c1-52(2)45-15-6-5-13-41(45)42-26-24-37(29-46(42)52)47-30-48(43-14-4-3-12-39(43)38-11-8-28-53-31-38)55-51(54-47)36-20-16-32(17-21-36)40-25-22-35-19-18-33-9-7-10-34-23-27-44(40)50(35)49(33)34/h3-31H,1-2H3. The van der Waals surface area contributed by atoms with E-state index in [1.54, 1.807) is 0 Å². The smallest absolute Gasteiger partial charge is 0.160 e. The van der Waals surface area contributed by atoms with Crippen LogP contribution in [0.3, 0.4) is 0 Å². The lowest BCUT2D eigenvalue weighted by atomic mass is 9.82. The van der Waals surface area contributed by atoms with Crippen molar-refractivity contribution in [2.45, 2.75) is 19.3 Å². The molecule has 3 nitrogen and oxygen atoms in total. The Morgan fingerprint density at radius 1 is 0.400 bits per heavy atom. The summed E-state index contributed by atoms with van der Waals surface area (Å²) >= 11 is 0. The Morgan fingerprint density at radius 3 is 1.84 bits per heavy atom. The van der Waals surface area contributed by atoms with Gasteiger partial charge in [-0.2, -0.15) is 0 Å². The summed E-state index contributed by atoms with van der Waals surface area (Å²) in [4.78, 5) is 15.0. The fourth-order valence-corrected chi connectivity index (χ4v) is 8.99. The quantitative estimate of drug-likeness (QED) is 0.168. The van der Waals surface area contributed by atoms with Crippen LogP contribution in [0.1, 0.15) is 25.0 Å². The zero-order valence-electron chi connectivity index (χ0n) is 30.6. The van der Waals surface area contributed by atoms with Gasteiger partial charge in [-0.15, -0.1) is 0 Å². The minimum Gasteiger partial charge on any atom is -0.264 e. The van der Waals surface area contributed by atoms with Crippen LogP contribution < -0.4 is 0 Å². The maximum absolute atomic E-state index is 5.31. The molecule has 0 amide bonds. The topological polar surface area (TPSA) is 38.7 Å². The number of hydrogen-bond acceptors (Lipinski definition) is 3. The average molecular weight is 702 g/mol. The molecular formula is C52H35N3. The molecule has 0 fully saturated rings. The third-order valence-corrected chi connectivity index (χ3v) is 11.8. The number of nitrogens with zero attached hydrogens (tertiary/aromatic N) is 3. The highest BCUT2D eigenvalue weighted by molar-refractivity contribution is 6.25. The van der Waals surface area contributed by atoms with Gasteiger partial charge in [0, 0.05) is 40.1 Å². The van der Waals surface area contributed by atoms with Crippen molar-refractivity contribution in [2.24, 2.45) is 0 Å². The van der Waals surface area contributed by atoms with E-state index >= 15 is 0 Å². The molecule has 2 heterocycles. The molecule has 1 aliphatic rings. The van der Waals surface area contributed by atoms with Gasteiger partial charge in [-0.3, -0.25) is 4.98 Å². The van der Waals surface area contributed by atoms with Crippen LogP contribution in [-0.4, -0.2) is 15.0 Å². The molecule has 3 heteroatoms. The van der Waals surface area contributed by atoms with Gasteiger partial charge in [-0.25, -0.2) is 9.97 Å². The van der Waals surface area contributed by atoms with Crippen LogP contribution >= 0.6 is 0 Å². The second-order valence-electron chi connectivity index (χ2n) is 15.2. The highest BCUT2D eigenvalue weighted by Gasteiger charge is 2.35. The normalized spacial score (nSPS) is 13.1. The lowest BCUT2D eigenvalue weighted by Gasteiger charge is -2.22. The van der Waals surface area contributed by atoms with Crippen molar-refractivity contribution in [2.75, 3.05) is 0 Å². The van der Waals surface area contributed by atoms with Crippen molar-refractivity contribution < 1.29 is 0 Å². The van der Waals surface area contributed by atoms with Gasteiger partial charge < -0.3 is 0 Å². The van der Waals surface area contributed by atoms with Gasteiger partial charge in [0.2, 0.25) is 0 Å². The second kappa shape index (κ2) is 12.0. The Hall–Kier alpha value is -6.97. The maximum atomic E-state index is 5.31. The van der Waals surface area contributed by atoms with Gasteiger partial charge in [0.15, 0.2) is 5.82 Å². The molecule has 0 aliphatic heterocycles. The number of hydrogen-bond donors (Lipinski definition) is 0. The third-order valence-electron chi connectivity index (χ3n) is 11.8.